The molecule has 0 aromatic rings. The monoisotopic (exact) mass is 299 g/mol. The van der Waals surface area contributed by atoms with E-state index in [1.54, 1.807) is 11.8 Å². The van der Waals surface area contributed by atoms with E-state index in [2.05, 4.69) is 0 Å². The second-order valence-electron chi connectivity index (χ2n) is 6.72. The van der Waals surface area contributed by atoms with E-state index in [0.29, 0.717) is 19.6 Å². The number of carbonyl (C=O) groups is 2. The highest BCUT2D eigenvalue weighted by Crippen LogP contribution is 2.27. The minimum Gasteiger partial charge on any atom is -0.466 e. The molecule has 1 rings (SSSR count). The molecule has 21 heavy (non-hydrogen) atoms. The fraction of sp³-hybridized carbons (Fsp3) is 0.875. The normalized spacial score (nSPS) is 20.8. The van der Waals surface area contributed by atoms with Crippen molar-refractivity contribution in [1.29, 1.82) is 0 Å². The molecule has 1 aliphatic rings. The summed E-state index contributed by atoms with van der Waals surface area (Å²) in [5.74, 6) is -0.114. The lowest BCUT2D eigenvalue weighted by molar-refractivity contribution is -0.144. The van der Waals surface area contributed by atoms with Gasteiger partial charge in [-0.05, 0) is 52.9 Å². The smallest absolute Gasteiger partial charge is 0.410 e. The summed E-state index contributed by atoms with van der Waals surface area (Å²) in [6.07, 6.45) is 3.05. The van der Waals surface area contributed by atoms with Gasteiger partial charge in [-0.1, -0.05) is 6.92 Å². The summed E-state index contributed by atoms with van der Waals surface area (Å²) in [6.45, 7) is 10.5. The maximum Gasteiger partial charge on any atom is 0.410 e. The standard InChI is InChI=1S/C16H29NO4/c1-6-20-14(18)11-12(2)13-9-7-8-10-17(13)15(19)21-16(3,4)5/h12-13H,6-11H2,1-5H3. The number of piperidine rings is 1. The van der Waals surface area contributed by atoms with E-state index in [9.17, 15) is 9.59 Å². The number of likely N-dealkylation sites (tertiary alicyclic amines) is 1. The van der Waals surface area contributed by atoms with Crippen molar-refractivity contribution in [3.63, 3.8) is 0 Å². The number of hydrogen-bond donors (Lipinski definition) is 0. The summed E-state index contributed by atoms with van der Waals surface area (Å²) >= 11 is 0. The Balaban J connectivity index is 2.68. The first-order valence-corrected chi connectivity index (χ1v) is 7.90. The number of ether oxygens (including phenoxy) is 2. The average Bonchev–Trinajstić information content (AvgIpc) is 2.36. The Morgan fingerprint density at radius 2 is 1.95 bits per heavy atom. The molecule has 0 bridgehead atoms. The minimum absolute atomic E-state index is 0.0537. The van der Waals surface area contributed by atoms with Crippen molar-refractivity contribution < 1.29 is 19.1 Å². The second-order valence-corrected chi connectivity index (χ2v) is 6.72. The molecule has 1 saturated heterocycles. The molecule has 0 saturated carbocycles. The fourth-order valence-electron chi connectivity index (χ4n) is 2.72. The summed E-state index contributed by atoms with van der Waals surface area (Å²) in [5.41, 5.74) is -0.497. The number of amides is 1. The maximum atomic E-state index is 12.3. The van der Waals surface area contributed by atoms with E-state index in [0.717, 1.165) is 19.3 Å². The third-order valence-electron chi connectivity index (χ3n) is 3.63. The van der Waals surface area contributed by atoms with Crippen LogP contribution in [0.5, 0.6) is 0 Å². The Labute approximate surface area is 128 Å². The van der Waals surface area contributed by atoms with Gasteiger partial charge in [0.15, 0.2) is 0 Å². The highest BCUT2D eigenvalue weighted by Gasteiger charge is 2.34. The molecule has 2 atom stereocenters. The number of hydrogen-bond acceptors (Lipinski definition) is 4. The largest absolute Gasteiger partial charge is 0.466 e. The molecule has 5 nitrogen and oxygen atoms in total. The molecule has 0 aliphatic carbocycles. The van der Waals surface area contributed by atoms with Gasteiger partial charge in [-0.25, -0.2) is 4.79 Å². The first-order chi connectivity index (χ1) is 9.74. The second kappa shape index (κ2) is 7.66. The Morgan fingerprint density at radius 1 is 1.29 bits per heavy atom. The third-order valence-corrected chi connectivity index (χ3v) is 3.63. The molecule has 0 radical (unpaired) electrons. The Morgan fingerprint density at radius 3 is 2.52 bits per heavy atom. The van der Waals surface area contributed by atoms with Crippen LogP contribution in [0.25, 0.3) is 0 Å². The van der Waals surface area contributed by atoms with Crippen LogP contribution < -0.4 is 0 Å². The topological polar surface area (TPSA) is 55.8 Å². The molecule has 0 spiro atoms. The summed E-state index contributed by atoms with van der Waals surface area (Å²) in [4.78, 5) is 25.8. The van der Waals surface area contributed by atoms with Crippen molar-refractivity contribution in [1.82, 2.24) is 4.90 Å². The maximum absolute atomic E-state index is 12.3. The number of nitrogens with zero attached hydrogens (tertiary/aromatic N) is 1. The molecule has 2 unspecified atom stereocenters. The van der Waals surface area contributed by atoms with Gasteiger partial charge < -0.3 is 14.4 Å². The molecule has 122 valence electrons. The predicted octanol–water partition coefficient (Wildman–Crippen LogP) is 3.37. The first-order valence-electron chi connectivity index (χ1n) is 7.90. The Hall–Kier alpha value is -1.26. The van der Waals surface area contributed by atoms with Crippen LogP contribution in [0.15, 0.2) is 0 Å². The molecule has 1 amide bonds. The van der Waals surface area contributed by atoms with Crippen LogP contribution >= 0.6 is 0 Å². The fourth-order valence-corrected chi connectivity index (χ4v) is 2.72. The number of carbonyl (C=O) groups excluding carboxylic acids is 2. The highest BCUT2D eigenvalue weighted by atomic mass is 16.6. The van der Waals surface area contributed by atoms with Crippen LogP contribution in [-0.4, -0.2) is 41.8 Å². The zero-order valence-electron chi connectivity index (χ0n) is 14.0. The lowest BCUT2D eigenvalue weighted by Crippen LogP contribution is -2.49. The van der Waals surface area contributed by atoms with Gasteiger partial charge >= 0.3 is 12.1 Å². The quantitative estimate of drug-likeness (QED) is 0.747. The van der Waals surface area contributed by atoms with Crippen LogP contribution in [0.2, 0.25) is 0 Å². The van der Waals surface area contributed by atoms with Crippen molar-refractivity contribution in [3.05, 3.63) is 0 Å². The highest BCUT2D eigenvalue weighted by molar-refractivity contribution is 5.71. The SMILES string of the molecule is CCOC(=O)CC(C)C1CCCCN1C(=O)OC(C)(C)C. The number of esters is 1. The van der Waals surface area contributed by atoms with Gasteiger partial charge in [0.1, 0.15) is 5.60 Å². The molecular weight excluding hydrogens is 270 g/mol. The van der Waals surface area contributed by atoms with E-state index >= 15 is 0 Å². The molecule has 5 heteroatoms. The van der Waals surface area contributed by atoms with Gasteiger partial charge in [0.25, 0.3) is 0 Å². The molecule has 1 aliphatic heterocycles. The lowest BCUT2D eigenvalue weighted by Gasteiger charge is -2.39. The molecule has 0 aromatic carbocycles. The van der Waals surface area contributed by atoms with Gasteiger partial charge in [-0.2, -0.15) is 0 Å². The van der Waals surface area contributed by atoms with Gasteiger partial charge in [0.05, 0.1) is 13.0 Å². The summed E-state index contributed by atoms with van der Waals surface area (Å²) in [7, 11) is 0. The van der Waals surface area contributed by atoms with E-state index in [-0.39, 0.29) is 24.0 Å². The third kappa shape index (κ3) is 5.94. The van der Waals surface area contributed by atoms with Gasteiger partial charge in [-0.15, -0.1) is 0 Å². The molecular formula is C16H29NO4. The Kier molecular flexibility index (Phi) is 6.49. The summed E-state index contributed by atoms with van der Waals surface area (Å²) < 4.78 is 10.5. The van der Waals surface area contributed by atoms with Gasteiger partial charge in [0, 0.05) is 12.6 Å². The zero-order valence-corrected chi connectivity index (χ0v) is 14.0. The van der Waals surface area contributed by atoms with Crippen molar-refractivity contribution in [2.45, 2.75) is 71.9 Å². The van der Waals surface area contributed by atoms with Crippen molar-refractivity contribution in [3.8, 4) is 0 Å². The van der Waals surface area contributed by atoms with Crippen molar-refractivity contribution in [2.75, 3.05) is 13.2 Å². The Bertz CT molecular complexity index is 362. The summed E-state index contributed by atoms with van der Waals surface area (Å²) in [5, 5.41) is 0. The van der Waals surface area contributed by atoms with E-state index in [1.165, 1.54) is 0 Å². The van der Waals surface area contributed by atoms with E-state index < -0.39 is 5.60 Å². The van der Waals surface area contributed by atoms with Crippen LogP contribution in [-0.2, 0) is 14.3 Å². The van der Waals surface area contributed by atoms with Crippen LogP contribution in [0.1, 0.15) is 60.3 Å². The average molecular weight is 299 g/mol. The molecule has 0 N–H and O–H groups in total. The predicted molar refractivity (Wildman–Crippen MR) is 81.0 cm³/mol. The molecule has 1 fully saturated rings. The van der Waals surface area contributed by atoms with Crippen LogP contribution in [0.4, 0.5) is 4.79 Å². The van der Waals surface area contributed by atoms with Crippen LogP contribution in [0, 0.1) is 5.92 Å². The summed E-state index contributed by atoms with van der Waals surface area (Å²) in [6, 6.07) is 0.0537. The molecule has 1 heterocycles. The van der Waals surface area contributed by atoms with Crippen molar-refractivity contribution in [2.24, 2.45) is 5.92 Å². The van der Waals surface area contributed by atoms with E-state index in [4.69, 9.17) is 9.47 Å². The van der Waals surface area contributed by atoms with Gasteiger partial charge in [-0.3, -0.25) is 4.79 Å². The van der Waals surface area contributed by atoms with Gasteiger partial charge in [0.2, 0.25) is 0 Å². The molecule has 0 aromatic heterocycles. The first kappa shape index (κ1) is 17.8. The van der Waals surface area contributed by atoms with Crippen LogP contribution in [0.3, 0.4) is 0 Å². The van der Waals surface area contributed by atoms with Crippen molar-refractivity contribution >= 4 is 12.1 Å². The lowest BCUT2D eigenvalue weighted by atomic mass is 9.89. The van der Waals surface area contributed by atoms with E-state index in [1.807, 2.05) is 27.7 Å². The zero-order chi connectivity index (χ0) is 16.0. The number of rotatable bonds is 4. The minimum atomic E-state index is -0.497.